The molecule has 6 nitrogen and oxygen atoms in total. The van der Waals surface area contributed by atoms with E-state index in [2.05, 4.69) is 44.0 Å². The van der Waals surface area contributed by atoms with Gasteiger partial charge in [0, 0.05) is 28.8 Å². The second-order valence-electron chi connectivity index (χ2n) is 13.6. The topological polar surface area (TPSA) is 110 Å². The molecule has 0 saturated heterocycles. The van der Waals surface area contributed by atoms with E-state index in [1.165, 1.54) is 5.57 Å². The zero-order valence-electron chi connectivity index (χ0n) is 26.2. The van der Waals surface area contributed by atoms with Crippen molar-refractivity contribution in [3.63, 3.8) is 0 Å². The number of aliphatic hydroxyl groups is 4. The first-order valence-electron chi connectivity index (χ1n) is 15.8. The van der Waals surface area contributed by atoms with Crippen molar-refractivity contribution in [1.29, 1.82) is 0 Å². The smallest absolute Gasteiger partial charge is 0.145 e. The number of fused-ring (bicyclic) bond motifs is 2. The van der Waals surface area contributed by atoms with Gasteiger partial charge in [-0.3, -0.25) is 4.79 Å². The Morgan fingerprint density at radius 3 is 2.52 bits per heavy atom. The van der Waals surface area contributed by atoms with Gasteiger partial charge in [0.25, 0.3) is 0 Å². The van der Waals surface area contributed by atoms with E-state index in [-0.39, 0.29) is 25.0 Å². The summed E-state index contributed by atoms with van der Waals surface area (Å²) in [5, 5.41) is 49.7. The van der Waals surface area contributed by atoms with Gasteiger partial charge in [-0.25, -0.2) is 0 Å². The second-order valence-corrected chi connectivity index (χ2v) is 13.6. The highest BCUT2D eigenvalue weighted by atomic mass is 16.3. The predicted molar refractivity (Wildman–Crippen MR) is 169 cm³/mol. The van der Waals surface area contributed by atoms with Crippen LogP contribution in [-0.4, -0.2) is 65.2 Å². The highest BCUT2D eigenvalue weighted by Gasteiger charge is 2.79. The molecule has 2 spiro atoms. The van der Waals surface area contributed by atoms with Crippen molar-refractivity contribution in [3.05, 3.63) is 70.9 Å². The monoisotopic (exact) mass is 579 g/mol. The molecule has 7 atom stereocenters. The van der Waals surface area contributed by atoms with Crippen LogP contribution >= 0.6 is 0 Å². The van der Waals surface area contributed by atoms with Crippen molar-refractivity contribution in [1.82, 2.24) is 5.32 Å². The van der Waals surface area contributed by atoms with Crippen molar-refractivity contribution in [2.45, 2.75) is 90.3 Å². The average Bonchev–Trinajstić information content (AvgIpc) is 3.16. The molecule has 3 saturated carbocycles. The van der Waals surface area contributed by atoms with Crippen LogP contribution in [0.2, 0.25) is 0 Å². The van der Waals surface area contributed by atoms with Crippen LogP contribution in [0, 0.1) is 28.1 Å². The Balaban J connectivity index is 1.83. The first-order chi connectivity index (χ1) is 20.0. The molecular formula is C36H53NO5. The lowest BCUT2D eigenvalue weighted by Gasteiger charge is -2.71. The molecule has 5 N–H and O–H groups in total. The molecule has 0 amide bonds. The molecule has 4 aliphatic rings. The van der Waals surface area contributed by atoms with Crippen LogP contribution in [0.15, 0.2) is 70.9 Å². The van der Waals surface area contributed by atoms with E-state index < -0.39 is 27.9 Å². The number of hydrogen-bond acceptors (Lipinski definition) is 6. The van der Waals surface area contributed by atoms with Gasteiger partial charge in [0.2, 0.25) is 0 Å². The van der Waals surface area contributed by atoms with Gasteiger partial charge in [0.15, 0.2) is 0 Å². The van der Waals surface area contributed by atoms with E-state index >= 15 is 0 Å². The standard InChI is InChI=1S/C36H53NO5/c1-25(2)8-6-9-26(3)10-7-11-30(24-40)33-15-17-35-29(14-21-38)13-12-28(31(35)27(4)23-39)22-34(42,19-20-37-5)36(35,18-16-33)32(33)41/h7-8,10-13,23,28-29,32,37-38,40-42H,3,6,9,14-22,24H2,1-2,4-5H3. The zero-order chi connectivity index (χ0) is 30.8. The van der Waals surface area contributed by atoms with E-state index in [9.17, 15) is 25.2 Å². The minimum Gasteiger partial charge on any atom is -0.396 e. The van der Waals surface area contributed by atoms with Crippen LogP contribution in [0.1, 0.15) is 78.6 Å². The van der Waals surface area contributed by atoms with E-state index in [4.69, 9.17) is 0 Å². The fourth-order valence-corrected chi connectivity index (χ4v) is 9.76. The lowest BCUT2D eigenvalue weighted by molar-refractivity contribution is -0.256. The summed E-state index contributed by atoms with van der Waals surface area (Å²) < 4.78 is 0. The lowest BCUT2D eigenvalue weighted by Crippen LogP contribution is -2.73. The number of carbonyl (C=O) groups is 1. The molecule has 0 radical (unpaired) electrons. The quantitative estimate of drug-likeness (QED) is 0.0897. The molecule has 42 heavy (non-hydrogen) atoms. The van der Waals surface area contributed by atoms with Crippen molar-refractivity contribution < 1.29 is 25.2 Å². The number of carbonyl (C=O) groups excluding carboxylic acids is 1. The highest BCUT2D eigenvalue weighted by molar-refractivity contribution is 5.75. The van der Waals surface area contributed by atoms with Gasteiger partial charge in [0.1, 0.15) is 6.29 Å². The molecule has 0 aromatic heterocycles. The predicted octanol–water partition coefficient (Wildman–Crippen LogP) is 5.12. The maximum absolute atomic E-state index is 12.8. The van der Waals surface area contributed by atoms with Crippen LogP contribution in [-0.2, 0) is 4.79 Å². The van der Waals surface area contributed by atoms with Crippen LogP contribution in [0.3, 0.4) is 0 Å². The fraction of sp³-hybridized carbons (Fsp3) is 0.639. The molecular weight excluding hydrogens is 526 g/mol. The Hall–Kier alpha value is -2.09. The third-order valence-corrected chi connectivity index (χ3v) is 11.5. The fourth-order valence-electron chi connectivity index (χ4n) is 9.76. The van der Waals surface area contributed by atoms with Crippen LogP contribution < -0.4 is 5.32 Å². The molecule has 4 aliphatic carbocycles. The summed E-state index contributed by atoms with van der Waals surface area (Å²) in [5.41, 5.74) is 1.35. The van der Waals surface area contributed by atoms with Crippen molar-refractivity contribution in [3.8, 4) is 0 Å². The lowest BCUT2D eigenvalue weighted by atomic mass is 9.34. The maximum Gasteiger partial charge on any atom is 0.145 e. The number of aldehydes is 1. The largest absolute Gasteiger partial charge is 0.396 e. The van der Waals surface area contributed by atoms with Gasteiger partial charge in [0.05, 0.1) is 18.3 Å². The van der Waals surface area contributed by atoms with Gasteiger partial charge in [-0.05, 0) is 115 Å². The highest BCUT2D eigenvalue weighted by Crippen LogP contribution is 2.80. The number of hydrogen-bond donors (Lipinski definition) is 5. The van der Waals surface area contributed by atoms with E-state index in [1.807, 2.05) is 32.2 Å². The maximum atomic E-state index is 12.8. The first-order valence-corrected chi connectivity index (χ1v) is 15.8. The number of allylic oxidation sites excluding steroid dienone is 10. The third-order valence-electron chi connectivity index (χ3n) is 11.5. The van der Waals surface area contributed by atoms with Gasteiger partial charge in [-0.15, -0.1) is 0 Å². The molecule has 0 aliphatic heterocycles. The summed E-state index contributed by atoms with van der Waals surface area (Å²) in [6, 6.07) is 0. The van der Waals surface area contributed by atoms with Gasteiger partial charge >= 0.3 is 0 Å². The van der Waals surface area contributed by atoms with Gasteiger partial charge in [-0.2, -0.15) is 0 Å². The Labute approximate surface area is 252 Å². The minimum absolute atomic E-state index is 0.00874. The molecule has 3 fully saturated rings. The number of rotatable bonds is 13. The number of aliphatic hydroxyl groups excluding tert-OH is 3. The van der Waals surface area contributed by atoms with Crippen LogP contribution in [0.4, 0.5) is 0 Å². The second kappa shape index (κ2) is 12.9. The van der Waals surface area contributed by atoms with Crippen molar-refractivity contribution in [2.75, 3.05) is 26.8 Å². The molecule has 4 rings (SSSR count). The minimum atomic E-state index is -1.19. The summed E-state index contributed by atoms with van der Waals surface area (Å²) in [7, 11) is 1.87. The van der Waals surface area contributed by atoms with Crippen molar-refractivity contribution >= 4 is 6.29 Å². The van der Waals surface area contributed by atoms with Crippen molar-refractivity contribution in [2.24, 2.45) is 28.1 Å². The molecule has 232 valence electrons. The molecule has 4 bridgehead atoms. The summed E-state index contributed by atoms with van der Waals surface area (Å²) in [6.45, 7) is 10.6. The number of nitrogens with one attached hydrogen (secondary N) is 1. The third kappa shape index (κ3) is 4.97. The average molecular weight is 580 g/mol. The van der Waals surface area contributed by atoms with Gasteiger partial charge in [-0.1, -0.05) is 54.2 Å². The Morgan fingerprint density at radius 1 is 1.14 bits per heavy atom. The summed E-state index contributed by atoms with van der Waals surface area (Å²) in [4.78, 5) is 12.4. The SMILES string of the molecule is C=C(C=CC=C(CO)C12CCC34C(=C(C)C=O)C(C=CC3CCO)CC(O)(CCNC)C4(CC1)C2O)CCC=C(C)C. The molecule has 0 heterocycles. The first kappa shape index (κ1) is 32.8. The van der Waals surface area contributed by atoms with Crippen LogP contribution in [0.25, 0.3) is 0 Å². The Bertz CT molecular complexity index is 1190. The van der Waals surface area contributed by atoms with E-state index in [1.54, 1.807) is 0 Å². The molecule has 6 heteroatoms. The van der Waals surface area contributed by atoms with Gasteiger partial charge < -0.3 is 25.7 Å². The molecule has 0 aromatic carbocycles. The summed E-state index contributed by atoms with van der Waals surface area (Å²) >= 11 is 0. The van der Waals surface area contributed by atoms with Crippen LogP contribution in [0.5, 0.6) is 0 Å². The normalized spacial score (nSPS) is 38.4. The zero-order valence-corrected chi connectivity index (χ0v) is 26.2. The van der Waals surface area contributed by atoms with E-state index in [0.29, 0.717) is 57.1 Å². The molecule has 0 aromatic rings. The summed E-state index contributed by atoms with van der Waals surface area (Å²) in [6.07, 6.45) is 18.2. The Kier molecular flexibility index (Phi) is 10.1. The van der Waals surface area contributed by atoms with E-state index in [0.717, 1.165) is 35.8 Å². The molecule has 7 unspecified atom stereocenters. The Morgan fingerprint density at radius 2 is 1.88 bits per heavy atom. The summed E-state index contributed by atoms with van der Waals surface area (Å²) in [5.74, 6) is -0.201.